The molecule has 2 N–H and O–H groups in total. The number of amides is 2. The van der Waals surface area contributed by atoms with Gasteiger partial charge in [0.25, 0.3) is 21.8 Å². The molecule has 0 radical (unpaired) electrons. The number of nitrogens with zero attached hydrogens (tertiary/aromatic N) is 2. The maximum atomic E-state index is 13.3. The van der Waals surface area contributed by atoms with Gasteiger partial charge in [0.05, 0.1) is 16.8 Å². The van der Waals surface area contributed by atoms with Gasteiger partial charge in [-0.15, -0.1) is 0 Å². The molecule has 2 amide bonds. The van der Waals surface area contributed by atoms with Crippen molar-refractivity contribution in [3.05, 3.63) is 90.0 Å². The minimum atomic E-state index is -3.99. The number of nitrogens with one attached hydrogen (secondary N) is 2. The zero-order valence-corrected chi connectivity index (χ0v) is 23.3. The number of hydrogen-bond donors (Lipinski definition) is 2. The van der Waals surface area contributed by atoms with E-state index >= 15 is 0 Å². The summed E-state index contributed by atoms with van der Waals surface area (Å²) in [5.74, 6) is -0.186. The van der Waals surface area contributed by atoms with Gasteiger partial charge in [0, 0.05) is 6.04 Å². The van der Waals surface area contributed by atoms with E-state index in [1.165, 1.54) is 24.8 Å². The van der Waals surface area contributed by atoms with Crippen LogP contribution >= 0.6 is 0 Å². The van der Waals surface area contributed by atoms with Crippen LogP contribution < -0.4 is 19.8 Å². The van der Waals surface area contributed by atoms with E-state index < -0.39 is 22.5 Å². The molecular formula is C30H34N4O5S. The van der Waals surface area contributed by atoms with Crippen LogP contribution in [0.3, 0.4) is 0 Å². The summed E-state index contributed by atoms with van der Waals surface area (Å²) in [6, 6.07) is 22.0. The molecule has 1 saturated carbocycles. The largest absolute Gasteiger partial charge is 0.484 e. The maximum absolute atomic E-state index is 13.3. The van der Waals surface area contributed by atoms with E-state index in [9.17, 15) is 18.0 Å². The van der Waals surface area contributed by atoms with Crippen molar-refractivity contribution < 1.29 is 22.7 Å². The lowest BCUT2D eigenvalue weighted by Gasteiger charge is -2.23. The predicted octanol–water partition coefficient (Wildman–Crippen LogP) is 4.17. The molecule has 3 aromatic rings. The zero-order valence-electron chi connectivity index (χ0n) is 22.5. The normalized spacial score (nSPS) is 14.0. The molecule has 3 aromatic carbocycles. The number of carbonyl (C=O) groups excluding carboxylic acids is 2. The van der Waals surface area contributed by atoms with Crippen molar-refractivity contribution >= 4 is 33.7 Å². The maximum Gasteiger partial charge on any atom is 0.264 e. The van der Waals surface area contributed by atoms with Crippen molar-refractivity contribution in [2.24, 2.45) is 5.10 Å². The summed E-state index contributed by atoms with van der Waals surface area (Å²) in [7, 11) is -3.99. The van der Waals surface area contributed by atoms with E-state index in [2.05, 4.69) is 15.8 Å². The second-order valence-corrected chi connectivity index (χ2v) is 11.6. The van der Waals surface area contributed by atoms with E-state index in [1.54, 1.807) is 66.7 Å². The number of aryl methyl sites for hydroxylation is 1. The van der Waals surface area contributed by atoms with Crippen LogP contribution in [0.4, 0.5) is 5.69 Å². The van der Waals surface area contributed by atoms with Crippen molar-refractivity contribution in [2.45, 2.75) is 50.0 Å². The monoisotopic (exact) mass is 562 g/mol. The molecule has 9 nitrogen and oxygen atoms in total. The summed E-state index contributed by atoms with van der Waals surface area (Å²) in [5.41, 5.74) is 4.43. The number of sulfonamides is 1. The molecular weight excluding hydrogens is 528 g/mol. The Morgan fingerprint density at radius 2 is 1.60 bits per heavy atom. The third-order valence-corrected chi connectivity index (χ3v) is 8.35. The summed E-state index contributed by atoms with van der Waals surface area (Å²) in [5, 5.41) is 6.99. The van der Waals surface area contributed by atoms with Gasteiger partial charge in [-0.25, -0.2) is 13.8 Å². The van der Waals surface area contributed by atoms with E-state index in [4.69, 9.17) is 4.74 Å². The van der Waals surface area contributed by atoms with E-state index in [0.29, 0.717) is 17.0 Å². The molecule has 0 aliphatic heterocycles. The fourth-order valence-corrected chi connectivity index (χ4v) is 5.85. The average molecular weight is 563 g/mol. The van der Waals surface area contributed by atoms with Gasteiger partial charge < -0.3 is 10.1 Å². The molecule has 0 bridgehead atoms. The fourth-order valence-electron chi connectivity index (χ4n) is 4.41. The molecule has 0 atom stereocenters. The smallest absolute Gasteiger partial charge is 0.264 e. The highest BCUT2D eigenvalue weighted by Gasteiger charge is 2.27. The third kappa shape index (κ3) is 8.16. The van der Waals surface area contributed by atoms with Gasteiger partial charge in [-0.3, -0.25) is 13.9 Å². The Hall–Kier alpha value is -4.18. The summed E-state index contributed by atoms with van der Waals surface area (Å²) < 4.78 is 33.3. The van der Waals surface area contributed by atoms with Crippen LogP contribution in [-0.2, 0) is 19.6 Å². The van der Waals surface area contributed by atoms with Gasteiger partial charge in [-0.2, -0.15) is 5.10 Å². The molecule has 4 rings (SSSR count). The molecule has 0 spiro atoms. The minimum Gasteiger partial charge on any atom is -0.484 e. The molecule has 40 heavy (non-hydrogen) atoms. The lowest BCUT2D eigenvalue weighted by Crippen LogP contribution is -2.39. The van der Waals surface area contributed by atoms with Crippen molar-refractivity contribution in [3.63, 3.8) is 0 Å². The first-order chi connectivity index (χ1) is 19.3. The summed E-state index contributed by atoms with van der Waals surface area (Å²) in [4.78, 5) is 24.9. The summed E-state index contributed by atoms with van der Waals surface area (Å²) >= 11 is 0. The van der Waals surface area contributed by atoms with Gasteiger partial charge >= 0.3 is 0 Å². The van der Waals surface area contributed by atoms with Crippen LogP contribution in [0.15, 0.2) is 88.9 Å². The van der Waals surface area contributed by atoms with Crippen molar-refractivity contribution in [2.75, 3.05) is 17.5 Å². The Morgan fingerprint density at radius 3 is 2.27 bits per heavy atom. The number of anilines is 1. The number of carbonyl (C=O) groups is 2. The first-order valence-corrected chi connectivity index (χ1v) is 14.7. The molecule has 210 valence electrons. The molecule has 0 heterocycles. The van der Waals surface area contributed by atoms with E-state index in [-0.39, 0.29) is 23.5 Å². The number of hydrogen-bond acceptors (Lipinski definition) is 6. The Labute approximate surface area is 235 Å². The van der Waals surface area contributed by atoms with Gasteiger partial charge in [-0.1, -0.05) is 55.2 Å². The number of rotatable bonds is 11. The quantitative estimate of drug-likeness (QED) is 0.269. The molecule has 0 saturated heterocycles. The van der Waals surface area contributed by atoms with Crippen LogP contribution in [0.25, 0.3) is 0 Å². The molecule has 0 unspecified atom stereocenters. The van der Waals surface area contributed by atoms with E-state index in [1.807, 2.05) is 6.92 Å². The topological polar surface area (TPSA) is 117 Å². The zero-order chi connectivity index (χ0) is 28.4. The minimum absolute atomic E-state index is 0.0522. The van der Waals surface area contributed by atoms with Gasteiger partial charge in [0.15, 0.2) is 6.61 Å². The summed E-state index contributed by atoms with van der Waals surface area (Å²) in [6.45, 7) is 1.39. The molecule has 1 fully saturated rings. The van der Waals surface area contributed by atoms with Crippen molar-refractivity contribution in [1.29, 1.82) is 0 Å². The molecule has 0 aromatic heterocycles. The standard InChI is InChI=1S/C30H34N4O5S/c1-23-12-16-26(17-13-23)34(40(37,38)28-10-6-3-7-11-28)21-29(35)33-31-20-24-14-18-27(19-15-24)39-22-30(36)32-25-8-4-2-5-9-25/h3,6-7,10-20,25H,2,4-5,8-9,21-22H2,1H3,(H,32,36)(H,33,35)/b31-20-. The summed E-state index contributed by atoms with van der Waals surface area (Å²) in [6.07, 6.45) is 7.00. The lowest BCUT2D eigenvalue weighted by atomic mass is 9.95. The highest BCUT2D eigenvalue weighted by Crippen LogP contribution is 2.24. The fraction of sp³-hybridized carbons (Fsp3) is 0.300. The number of hydrazone groups is 1. The third-order valence-electron chi connectivity index (χ3n) is 6.56. The predicted molar refractivity (Wildman–Crippen MR) is 155 cm³/mol. The first-order valence-electron chi connectivity index (χ1n) is 13.3. The van der Waals surface area contributed by atoms with Crippen LogP contribution in [-0.4, -0.2) is 45.6 Å². The Balaban J connectivity index is 1.32. The Morgan fingerprint density at radius 1 is 0.925 bits per heavy atom. The number of benzene rings is 3. The van der Waals surface area contributed by atoms with Gasteiger partial charge in [-0.05, 0) is 73.9 Å². The number of ether oxygens (including phenoxy) is 1. The van der Waals surface area contributed by atoms with Gasteiger partial charge in [0.1, 0.15) is 12.3 Å². The van der Waals surface area contributed by atoms with Crippen LogP contribution in [0.2, 0.25) is 0 Å². The highest BCUT2D eigenvalue weighted by atomic mass is 32.2. The lowest BCUT2D eigenvalue weighted by molar-refractivity contribution is -0.124. The average Bonchev–Trinajstić information content (AvgIpc) is 2.97. The second-order valence-electron chi connectivity index (χ2n) is 9.71. The second kappa shape index (κ2) is 13.7. The van der Waals surface area contributed by atoms with Gasteiger partial charge in [0.2, 0.25) is 0 Å². The first kappa shape index (κ1) is 28.8. The van der Waals surface area contributed by atoms with Crippen molar-refractivity contribution in [1.82, 2.24) is 10.7 Å². The van der Waals surface area contributed by atoms with Crippen LogP contribution in [0.1, 0.15) is 43.2 Å². The van der Waals surface area contributed by atoms with Crippen molar-refractivity contribution in [3.8, 4) is 5.75 Å². The van der Waals surface area contributed by atoms with Crippen LogP contribution in [0, 0.1) is 6.92 Å². The molecule has 1 aliphatic rings. The SMILES string of the molecule is Cc1ccc(N(CC(=O)N/N=C\c2ccc(OCC(=O)NC3CCCCC3)cc2)S(=O)(=O)c2ccccc2)cc1. The Bertz CT molecular complexity index is 1400. The molecule has 1 aliphatic carbocycles. The van der Waals surface area contributed by atoms with E-state index in [0.717, 1.165) is 35.6 Å². The Kier molecular flexibility index (Phi) is 9.91. The molecule has 10 heteroatoms. The van der Waals surface area contributed by atoms with Crippen LogP contribution in [0.5, 0.6) is 5.75 Å². The highest BCUT2D eigenvalue weighted by molar-refractivity contribution is 7.92.